The number of halogens is 3. The van der Waals surface area contributed by atoms with Gasteiger partial charge in [0.25, 0.3) is 0 Å². The third-order valence-electron chi connectivity index (χ3n) is 4.54. The standard InChI is InChI=1S/C23H15F3N2O3/c24-23(25,26)31-22(15-28)11-10-21(19(12-22)17-4-2-1-3-5-17)30-14-20(29)18-8-6-16(13-27)7-9-18/h1-11H,12,14H2. The quantitative estimate of drug-likeness (QED) is 0.614. The average molecular weight is 424 g/mol. The van der Waals surface area contributed by atoms with Gasteiger partial charge < -0.3 is 4.74 Å². The number of ketones is 1. The minimum Gasteiger partial charge on any atom is -0.485 e. The van der Waals surface area contributed by atoms with Crippen molar-refractivity contribution in [3.05, 3.63) is 89.2 Å². The van der Waals surface area contributed by atoms with Crippen molar-refractivity contribution in [2.24, 2.45) is 0 Å². The molecule has 0 radical (unpaired) electrons. The molecule has 156 valence electrons. The zero-order valence-electron chi connectivity index (χ0n) is 16.0. The molecule has 0 spiro atoms. The van der Waals surface area contributed by atoms with Crippen molar-refractivity contribution >= 4 is 11.4 Å². The summed E-state index contributed by atoms with van der Waals surface area (Å²) in [7, 11) is 0. The van der Waals surface area contributed by atoms with E-state index in [1.54, 1.807) is 36.4 Å². The van der Waals surface area contributed by atoms with Gasteiger partial charge in [-0.25, -0.2) is 0 Å². The van der Waals surface area contributed by atoms with E-state index in [1.165, 1.54) is 30.3 Å². The van der Waals surface area contributed by atoms with E-state index in [-0.39, 0.29) is 18.1 Å². The summed E-state index contributed by atoms with van der Waals surface area (Å²) in [4.78, 5) is 12.4. The Morgan fingerprint density at radius 3 is 2.32 bits per heavy atom. The molecule has 31 heavy (non-hydrogen) atoms. The molecular weight excluding hydrogens is 409 g/mol. The molecular formula is C23H15F3N2O3. The SMILES string of the molecule is N#Cc1ccc(C(=O)COC2=C(c3ccccc3)CC(C#N)(OC(F)(F)F)C=C2)cc1. The highest BCUT2D eigenvalue weighted by Crippen LogP contribution is 2.39. The van der Waals surface area contributed by atoms with Gasteiger partial charge in [0.1, 0.15) is 11.8 Å². The van der Waals surface area contributed by atoms with Crippen LogP contribution in [0.4, 0.5) is 13.2 Å². The molecule has 1 aliphatic rings. The Labute approximate surface area is 176 Å². The van der Waals surface area contributed by atoms with Crippen LogP contribution in [0, 0.1) is 22.7 Å². The maximum absolute atomic E-state index is 12.9. The first-order chi connectivity index (χ1) is 14.8. The Kier molecular flexibility index (Phi) is 6.24. The van der Waals surface area contributed by atoms with E-state index >= 15 is 0 Å². The maximum Gasteiger partial charge on any atom is 0.524 e. The normalized spacial score (nSPS) is 18.2. The van der Waals surface area contributed by atoms with Crippen LogP contribution in [0.1, 0.15) is 27.9 Å². The summed E-state index contributed by atoms with van der Waals surface area (Å²) in [5.74, 6) is -0.202. The van der Waals surface area contributed by atoms with Crippen molar-refractivity contribution in [1.29, 1.82) is 10.5 Å². The Bertz CT molecular complexity index is 1110. The lowest BCUT2D eigenvalue weighted by Crippen LogP contribution is -2.37. The summed E-state index contributed by atoms with van der Waals surface area (Å²) in [6.45, 7) is -0.373. The Morgan fingerprint density at radius 2 is 1.74 bits per heavy atom. The molecule has 0 aromatic heterocycles. The number of rotatable bonds is 6. The summed E-state index contributed by atoms with van der Waals surface area (Å²) in [6, 6.07) is 18.0. The first kappa shape index (κ1) is 21.8. The number of Topliss-reactive ketones (excluding diaryl/α,β-unsaturated/α-hetero) is 1. The van der Waals surface area contributed by atoms with Crippen molar-refractivity contribution in [3.63, 3.8) is 0 Å². The number of nitrogens with zero attached hydrogens (tertiary/aromatic N) is 2. The minimum absolute atomic E-state index is 0.171. The van der Waals surface area contributed by atoms with E-state index in [0.29, 0.717) is 22.3 Å². The molecule has 1 unspecified atom stereocenters. The van der Waals surface area contributed by atoms with Crippen molar-refractivity contribution in [2.75, 3.05) is 6.61 Å². The summed E-state index contributed by atoms with van der Waals surface area (Å²) >= 11 is 0. The first-order valence-electron chi connectivity index (χ1n) is 9.07. The van der Waals surface area contributed by atoms with Crippen LogP contribution in [-0.2, 0) is 9.47 Å². The molecule has 8 heteroatoms. The number of carbonyl (C=O) groups excluding carboxylic acids is 1. The second kappa shape index (κ2) is 8.86. The lowest BCUT2D eigenvalue weighted by molar-refractivity contribution is -0.348. The predicted molar refractivity (Wildman–Crippen MR) is 104 cm³/mol. The van der Waals surface area contributed by atoms with Crippen molar-refractivity contribution in [1.82, 2.24) is 0 Å². The van der Waals surface area contributed by atoms with E-state index in [0.717, 1.165) is 6.08 Å². The summed E-state index contributed by atoms with van der Waals surface area (Å²) < 4.78 is 48.3. The number of ether oxygens (including phenoxy) is 2. The number of benzene rings is 2. The van der Waals surface area contributed by atoms with Gasteiger partial charge in [-0.05, 0) is 42.0 Å². The molecule has 0 heterocycles. The van der Waals surface area contributed by atoms with Gasteiger partial charge in [0.2, 0.25) is 0 Å². The van der Waals surface area contributed by atoms with E-state index in [9.17, 15) is 23.2 Å². The lowest BCUT2D eigenvalue weighted by Gasteiger charge is -2.30. The molecule has 0 aliphatic heterocycles. The highest BCUT2D eigenvalue weighted by molar-refractivity contribution is 5.97. The van der Waals surface area contributed by atoms with Gasteiger partial charge in [-0.3, -0.25) is 9.53 Å². The third kappa shape index (κ3) is 5.39. The van der Waals surface area contributed by atoms with E-state index in [4.69, 9.17) is 10.00 Å². The second-order valence-corrected chi connectivity index (χ2v) is 6.67. The molecule has 3 rings (SSSR count). The van der Waals surface area contributed by atoms with E-state index < -0.39 is 18.4 Å². The highest BCUT2D eigenvalue weighted by Gasteiger charge is 2.45. The molecule has 2 aromatic rings. The van der Waals surface area contributed by atoms with Crippen LogP contribution in [0.5, 0.6) is 0 Å². The molecule has 0 saturated heterocycles. The maximum atomic E-state index is 12.9. The van der Waals surface area contributed by atoms with Crippen molar-refractivity contribution in [2.45, 2.75) is 18.4 Å². The molecule has 0 saturated carbocycles. The Balaban J connectivity index is 1.87. The average Bonchev–Trinajstić information content (AvgIpc) is 2.77. The molecule has 0 bridgehead atoms. The number of carbonyl (C=O) groups is 1. The van der Waals surface area contributed by atoms with Gasteiger partial charge in [0.05, 0.1) is 11.6 Å². The van der Waals surface area contributed by atoms with Gasteiger partial charge in [0, 0.05) is 17.6 Å². The number of hydrogen-bond donors (Lipinski definition) is 0. The topological polar surface area (TPSA) is 83.1 Å². The number of allylic oxidation sites excluding steroid dienone is 1. The van der Waals surface area contributed by atoms with Crippen LogP contribution >= 0.6 is 0 Å². The van der Waals surface area contributed by atoms with Crippen molar-refractivity contribution in [3.8, 4) is 12.1 Å². The van der Waals surface area contributed by atoms with Gasteiger partial charge >= 0.3 is 6.36 Å². The third-order valence-corrected chi connectivity index (χ3v) is 4.54. The lowest BCUT2D eigenvalue weighted by atomic mass is 9.86. The molecule has 2 aromatic carbocycles. The Morgan fingerprint density at radius 1 is 1.06 bits per heavy atom. The number of alkyl halides is 3. The van der Waals surface area contributed by atoms with Gasteiger partial charge in [-0.15, -0.1) is 13.2 Å². The summed E-state index contributed by atoms with van der Waals surface area (Å²) in [6.07, 6.45) is -3.23. The number of nitriles is 2. The predicted octanol–water partition coefficient (Wildman–Crippen LogP) is 4.93. The van der Waals surface area contributed by atoms with Gasteiger partial charge in [0.15, 0.2) is 18.0 Å². The molecule has 0 fully saturated rings. The van der Waals surface area contributed by atoms with Crippen LogP contribution in [0.2, 0.25) is 0 Å². The van der Waals surface area contributed by atoms with Crippen LogP contribution in [-0.4, -0.2) is 24.4 Å². The molecule has 0 N–H and O–H groups in total. The van der Waals surface area contributed by atoms with E-state index in [1.807, 2.05) is 6.07 Å². The number of hydrogen-bond acceptors (Lipinski definition) is 5. The fraction of sp³-hybridized carbons (Fsp3) is 0.174. The monoisotopic (exact) mass is 424 g/mol. The van der Waals surface area contributed by atoms with Crippen molar-refractivity contribution < 1.29 is 27.4 Å². The van der Waals surface area contributed by atoms with Crippen LogP contribution < -0.4 is 0 Å². The Hall–Kier alpha value is -3.88. The molecule has 1 atom stereocenters. The van der Waals surface area contributed by atoms with Crippen LogP contribution in [0.15, 0.2) is 72.5 Å². The van der Waals surface area contributed by atoms with E-state index in [2.05, 4.69) is 4.74 Å². The fourth-order valence-corrected chi connectivity index (χ4v) is 3.07. The zero-order valence-corrected chi connectivity index (χ0v) is 16.0. The minimum atomic E-state index is -5.01. The molecule has 0 amide bonds. The summed E-state index contributed by atoms with van der Waals surface area (Å²) in [5, 5.41) is 18.2. The zero-order chi connectivity index (χ0) is 22.5. The largest absolute Gasteiger partial charge is 0.524 e. The van der Waals surface area contributed by atoms with Gasteiger partial charge in [-0.2, -0.15) is 10.5 Å². The smallest absolute Gasteiger partial charge is 0.485 e. The summed E-state index contributed by atoms with van der Waals surface area (Å²) in [5.41, 5.74) is -0.667. The first-order valence-corrected chi connectivity index (χ1v) is 9.07. The fourth-order valence-electron chi connectivity index (χ4n) is 3.07. The second-order valence-electron chi connectivity index (χ2n) is 6.67. The molecule has 5 nitrogen and oxygen atoms in total. The molecule has 1 aliphatic carbocycles. The van der Waals surface area contributed by atoms with Crippen LogP contribution in [0.3, 0.4) is 0 Å². The van der Waals surface area contributed by atoms with Crippen LogP contribution in [0.25, 0.3) is 5.57 Å². The highest BCUT2D eigenvalue weighted by atomic mass is 19.4. The van der Waals surface area contributed by atoms with Gasteiger partial charge in [-0.1, -0.05) is 30.3 Å².